The summed E-state index contributed by atoms with van der Waals surface area (Å²) in [7, 11) is 0. The lowest BCUT2D eigenvalue weighted by atomic mass is 10.1. The maximum atomic E-state index is 4.08. The summed E-state index contributed by atoms with van der Waals surface area (Å²) in [6.07, 6.45) is 5.61. The highest BCUT2D eigenvalue weighted by molar-refractivity contribution is 5.43. The summed E-state index contributed by atoms with van der Waals surface area (Å²) >= 11 is 0. The molecule has 0 atom stereocenters. The Labute approximate surface area is 96.1 Å². The van der Waals surface area contributed by atoms with E-state index in [0.29, 0.717) is 0 Å². The molecule has 0 radical (unpaired) electrons. The van der Waals surface area contributed by atoms with Crippen molar-refractivity contribution in [1.82, 2.24) is 14.9 Å². The van der Waals surface area contributed by atoms with E-state index in [1.54, 1.807) is 6.20 Å². The molecule has 0 unspecified atom stereocenters. The zero-order valence-electron chi connectivity index (χ0n) is 9.77. The van der Waals surface area contributed by atoms with E-state index in [-0.39, 0.29) is 0 Å². The van der Waals surface area contributed by atoms with Gasteiger partial charge in [-0.1, -0.05) is 24.6 Å². The fraction of sp³-hybridized carbons (Fsp3) is 0.308. The van der Waals surface area contributed by atoms with Gasteiger partial charge in [0.15, 0.2) is 0 Å². The van der Waals surface area contributed by atoms with Crippen molar-refractivity contribution in [2.24, 2.45) is 0 Å². The molecule has 0 aliphatic heterocycles. The van der Waals surface area contributed by atoms with Crippen molar-refractivity contribution in [2.45, 2.75) is 20.4 Å². The lowest BCUT2D eigenvalue weighted by molar-refractivity contribution is 0.722. The number of imidazole rings is 1. The molecule has 0 aliphatic rings. The zero-order valence-corrected chi connectivity index (χ0v) is 9.77. The van der Waals surface area contributed by atoms with Crippen LogP contribution in [0.5, 0.6) is 0 Å². The molecule has 3 nitrogen and oxygen atoms in total. The maximum Gasteiger partial charge on any atom is 0.0991 e. The number of nitrogens with one attached hydrogen (secondary N) is 1. The van der Waals surface area contributed by atoms with Gasteiger partial charge < -0.3 is 9.88 Å². The molecule has 2 aromatic rings. The normalized spacial score (nSPS) is 10.6. The molecule has 84 valence electrons. The average molecular weight is 215 g/mol. The second-order valence-corrected chi connectivity index (χ2v) is 3.88. The van der Waals surface area contributed by atoms with Crippen molar-refractivity contribution in [3.05, 3.63) is 48.0 Å². The Morgan fingerprint density at radius 3 is 2.94 bits per heavy atom. The van der Waals surface area contributed by atoms with Crippen molar-refractivity contribution < 1.29 is 0 Å². The topological polar surface area (TPSA) is 29.9 Å². The van der Waals surface area contributed by atoms with Gasteiger partial charge in [-0.25, -0.2) is 4.98 Å². The van der Waals surface area contributed by atoms with Gasteiger partial charge in [0.05, 0.1) is 12.0 Å². The van der Waals surface area contributed by atoms with E-state index in [1.807, 2.05) is 17.1 Å². The fourth-order valence-corrected chi connectivity index (χ4v) is 1.77. The quantitative estimate of drug-likeness (QED) is 0.848. The van der Waals surface area contributed by atoms with E-state index in [1.165, 1.54) is 16.8 Å². The van der Waals surface area contributed by atoms with Crippen LogP contribution in [0, 0.1) is 6.92 Å². The molecule has 0 aliphatic carbocycles. The number of hydrogen-bond acceptors (Lipinski definition) is 2. The highest BCUT2D eigenvalue weighted by Gasteiger charge is 2.03. The summed E-state index contributed by atoms with van der Waals surface area (Å²) in [5.74, 6) is 0. The number of hydrogen-bond donors (Lipinski definition) is 1. The van der Waals surface area contributed by atoms with Crippen molar-refractivity contribution in [3.63, 3.8) is 0 Å². The Bertz CT molecular complexity index is 446. The summed E-state index contributed by atoms with van der Waals surface area (Å²) in [4.78, 5) is 4.08. The summed E-state index contributed by atoms with van der Waals surface area (Å²) in [6.45, 7) is 6.11. The maximum absolute atomic E-state index is 4.08. The standard InChI is InChI=1S/C13H17N3/c1-3-14-9-12-8-11(2)4-5-13(12)16-7-6-15-10-16/h4-8,10,14H,3,9H2,1-2H3. The van der Waals surface area contributed by atoms with Crippen LogP contribution in [-0.4, -0.2) is 16.1 Å². The molecule has 3 heteroatoms. The third-order valence-corrected chi connectivity index (χ3v) is 2.58. The molecule has 0 spiro atoms. The van der Waals surface area contributed by atoms with Crippen LogP contribution in [0.25, 0.3) is 5.69 Å². The molecule has 1 N–H and O–H groups in total. The first kappa shape index (κ1) is 10.9. The molecule has 0 bridgehead atoms. The van der Waals surface area contributed by atoms with E-state index in [9.17, 15) is 0 Å². The Balaban J connectivity index is 2.36. The third kappa shape index (κ3) is 2.31. The molecule has 0 saturated heterocycles. The summed E-state index contributed by atoms with van der Waals surface area (Å²) in [5.41, 5.74) is 3.79. The van der Waals surface area contributed by atoms with Crippen LogP contribution in [0.1, 0.15) is 18.1 Å². The van der Waals surface area contributed by atoms with Gasteiger partial charge in [0.1, 0.15) is 0 Å². The van der Waals surface area contributed by atoms with Gasteiger partial charge in [-0.2, -0.15) is 0 Å². The molecule has 1 aromatic carbocycles. The lowest BCUT2D eigenvalue weighted by Crippen LogP contribution is -2.13. The molecule has 0 fully saturated rings. The van der Waals surface area contributed by atoms with E-state index in [0.717, 1.165) is 13.1 Å². The van der Waals surface area contributed by atoms with Gasteiger partial charge in [-0.3, -0.25) is 0 Å². The number of rotatable bonds is 4. The summed E-state index contributed by atoms with van der Waals surface area (Å²) < 4.78 is 2.05. The van der Waals surface area contributed by atoms with Crippen LogP contribution in [-0.2, 0) is 6.54 Å². The molecular weight excluding hydrogens is 198 g/mol. The number of aryl methyl sites for hydroxylation is 1. The predicted octanol–water partition coefficient (Wildman–Crippen LogP) is 2.29. The second kappa shape index (κ2) is 4.94. The Morgan fingerprint density at radius 2 is 2.25 bits per heavy atom. The van der Waals surface area contributed by atoms with Crippen LogP contribution in [0.15, 0.2) is 36.9 Å². The molecule has 0 saturated carbocycles. The molecule has 2 rings (SSSR count). The van der Waals surface area contributed by atoms with Gasteiger partial charge in [0.2, 0.25) is 0 Å². The Hall–Kier alpha value is -1.61. The van der Waals surface area contributed by atoms with Gasteiger partial charge in [0.25, 0.3) is 0 Å². The van der Waals surface area contributed by atoms with Crippen LogP contribution >= 0.6 is 0 Å². The first-order valence-electron chi connectivity index (χ1n) is 5.60. The van der Waals surface area contributed by atoms with Gasteiger partial charge >= 0.3 is 0 Å². The highest BCUT2D eigenvalue weighted by Crippen LogP contribution is 2.16. The van der Waals surface area contributed by atoms with Crippen LogP contribution < -0.4 is 5.32 Å². The molecule has 16 heavy (non-hydrogen) atoms. The lowest BCUT2D eigenvalue weighted by Gasteiger charge is -2.11. The second-order valence-electron chi connectivity index (χ2n) is 3.88. The van der Waals surface area contributed by atoms with Gasteiger partial charge in [0, 0.05) is 18.9 Å². The van der Waals surface area contributed by atoms with Crippen LogP contribution in [0.4, 0.5) is 0 Å². The number of nitrogens with zero attached hydrogens (tertiary/aromatic N) is 2. The largest absolute Gasteiger partial charge is 0.313 e. The molecule has 1 heterocycles. The smallest absolute Gasteiger partial charge is 0.0991 e. The molecular formula is C13H17N3. The Kier molecular flexibility index (Phi) is 3.37. The SMILES string of the molecule is CCNCc1cc(C)ccc1-n1ccnc1. The fourth-order valence-electron chi connectivity index (χ4n) is 1.77. The van der Waals surface area contributed by atoms with Crippen LogP contribution in [0.3, 0.4) is 0 Å². The van der Waals surface area contributed by atoms with Gasteiger partial charge in [-0.05, 0) is 25.1 Å². The van der Waals surface area contributed by atoms with Crippen molar-refractivity contribution in [2.75, 3.05) is 6.54 Å². The minimum Gasteiger partial charge on any atom is -0.313 e. The summed E-state index contributed by atoms with van der Waals surface area (Å²) in [6, 6.07) is 6.49. The zero-order chi connectivity index (χ0) is 11.4. The Morgan fingerprint density at radius 1 is 1.38 bits per heavy atom. The minimum atomic E-state index is 0.895. The number of benzene rings is 1. The monoisotopic (exact) mass is 215 g/mol. The van der Waals surface area contributed by atoms with E-state index in [2.05, 4.69) is 42.3 Å². The van der Waals surface area contributed by atoms with Crippen molar-refractivity contribution in [3.8, 4) is 5.69 Å². The molecule has 0 amide bonds. The third-order valence-electron chi connectivity index (χ3n) is 2.58. The molecule has 1 aromatic heterocycles. The van der Waals surface area contributed by atoms with E-state index < -0.39 is 0 Å². The van der Waals surface area contributed by atoms with Crippen molar-refractivity contribution >= 4 is 0 Å². The van der Waals surface area contributed by atoms with E-state index in [4.69, 9.17) is 0 Å². The average Bonchev–Trinajstić information content (AvgIpc) is 2.80. The van der Waals surface area contributed by atoms with Crippen molar-refractivity contribution in [1.29, 1.82) is 0 Å². The summed E-state index contributed by atoms with van der Waals surface area (Å²) in [5, 5.41) is 3.36. The predicted molar refractivity (Wildman–Crippen MR) is 65.7 cm³/mol. The minimum absolute atomic E-state index is 0.895. The van der Waals surface area contributed by atoms with E-state index >= 15 is 0 Å². The first-order valence-corrected chi connectivity index (χ1v) is 5.60. The first-order chi connectivity index (χ1) is 7.81. The highest BCUT2D eigenvalue weighted by atomic mass is 15.0. The number of aromatic nitrogens is 2. The van der Waals surface area contributed by atoms with Crippen LogP contribution in [0.2, 0.25) is 0 Å². The van der Waals surface area contributed by atoms with Gasteiger partial charge in [-0.15, -0.1) is 0 Å².